The summed E-state index contributed by atoms with van der Waals surface area (Å²) < 4.78 is 10.6. The van der Waals surface area contributed by atoms with Gasteiger partial charge in [0.1, 0.15) is 5.75 Å². The number of benzene rings is 1. The van der Waals surface area contributed by atoms with Crippen molar-refractivity contribution in [2.24, 2.45) is 0 Å². The molecule has 1 aromatic carbocycles. The van der Waals surface area contributed by atoms with Crippen LogP contribution in [0.3, 0.4) is 0 Å². The van der Waals surface area contributed by atoms with Gasteiger partial charge in [-0.25, -0.2) is 4.79 Å². The van der Waals surface area contributed by atoms with Gasteiger partial charge in [0.15, 0.2) is 0 Å². The highest BCUT2D eigenvalue weighted by atomic mass is 16.6. The molecule has 1 aliphatic heterocycles. The first-order valence-corrected chi connectivity index (χ1v) is 5.69. The van der Waals surface area contributed by atoms with Gasteiger partial charge in [0.05, 0.1) is 18.9 Å². The molecule has 17 heavy (non-hydrogen) atoms. The van der Waals surface area contributed by atoms with Crippen LogP contribution in [0.4, 0.5) is 16.2 Å². The highest BCUT2D eigenvalue weighted by Crippen LogP contribution is 2.33. The number of nitrogens with zero attached hydrogens (tertiary/aromatic N) is 1. The Hall–Kier alpha value is -1.91. The lowest BCUT2D eigenvalue weighted by Gasteiger charge is -2.21. The van der Waals surface area contributed by atoms with Crippen LogP contribution in [0.15, 0.2) is 18.2 Å². The van der Waals surface area contributed by atoms with E-state index in [0.717, 1.165) is 6.42 Å². The predicted octanol–water partition coefficient (Wildman–Crippen LogP) is 2.01. The number of ether oxygens (including phenoxy) is 2. The van der Waals surface area contributed by atoms with Crippen molar-refractivity contribution in [2.75, 3.05) is 30.4 Å². The molecule has 1 amide bonds. The quantitative estimate of drug-likeness (QED) is 0.757. The summed E-state index contributed by atoms with van der Waals surface area (Å²) in [5, 5.41) is 0. The van der Waals surface area contributed by atoms with Crippen LogP contribution in [0.2, 0.25) is 0 Å². The Morgan fingerprint density at radius 3 is 3.18 bits per heavy atom. The molecule has 0 aliphatic carbocycles. The maximum atomic E-state index is 11.8. The summed E-state index contributed by atoms with van der Waals surface area (Å²) in [4.78, 5) is 13.4. The second kappa shape index (κ2) is 4.95. The summed E-state index contributed by atoms with van der Waals surface area (Å²) in [6.07, 6.45) is 0.415. The van der Waals surface area contributed by atoms with Gasteiger partial charge in [0.25, 0.3) is 0 Å². The molecule has 0 bridgehead atoms. The van der Waals surface area contributed by atoms with Crippen LogP contribution < -0.4 is 15.4 Å². The highest BCUT2D eigenvalue weighted by molar-refractivity contribution is 5.90. The molecular weight excluding hydrogens is 220 g/mol. The van der Waals surface area contributed by atoms with Gasteiger partial charge in [-0.2, -0.15) is 0 Å². The minimum atomic E-state index is -0.357. The summed E-state index contributed by atoms with van der Waals surface area (Å²) in [5.41, 5.74) is 7.02. The third kappa shape index (κ3) is 2.43. The van der Waals surface area contributed by atoms with Crippen molar-refractivity contribution in [3.8, 4) is 5.75 Å². The van der Waals surface area contributed by atoms with Crippen LogP contribution in [0, 0.1) is 0 Å². The molecule has 0 unspecified atom stereocenters. The van der Waals surface area contributed by atoms with Crippen LogP contribution >= 0.6 is 0 Å². The van der Waals surface area contributed by atoms with Crippen molar-refractivity contribution in [3.05, 3.63) is 18.2 Å². The molecule has 0 saturated heterocycles. The number of nitrogens with two attached hydrogens (primary N) is 1. The van der Waals surface area contributed by atoms with Gasteiger partial charge in [-0.3, -0.25) is 4.90 Å². The number of carbonyl (C=O) groups excluding carboxylic acids is 1. The molecule has 5 heteroatoms. The molecule has 1 aromatic rings. The Balaban J connectivity index is 2.34. The number of nitrogen functional groups attached to an aromatic ring is 1. The van der Waals surface area contributed by atoms with E-state index in [1.165, 1.54) is 0 Å². The SMILES string of the molecule is CCOC(=O)N1CCCOc2ccc(N)cc21. The predicted molar refractivity (Wildman–Crippen MR) is 65.3 cm³/mol. The molecular formula is C12H16N2O3. The minimum absolute atomic E-state index is 0.355. The number of fused-ring (bicyclic) bond motifs is 1. The molecule has 2 N–H and O–H groups in total. The van der Waals surface area contributed by atoms with Crippen LogP contribution in [-0.4, -0.2) is 25.9 Å². The van der Waals surface area contributed by atoms with E-state index in [2.05, 4.69) is 0 Å². The molecule has 1 heterocycles. The van der Waals surface area contributed by atoms with Crippen LogP contribution in [0.5, 0.6) is 5.75 Å². The Morgan fingerprint density at radius 2 is 2.41 bits per heavy atom. The third-order valence-electron chi connectivity index (χ3n) is 2.55. The average Bonchev–Trinajstić information content (AvgIpc) is 2.51. The first-order chi connectivity index (χ1) is 8.22. The number of anilines is 2. The first kappa shape index (κ1) is 11.6. The van der Waals surface area contributed by atoms with Gasteiger partial charge in [0, 0.05) is 12.2 Å². The first-order valence-electron chi connectivity index (χ1n) is 5.69. The molecule has 0 radical (unpaired) electrons. The van der Waals surface area contributed by atoms with E-state index in [0.29, 0.717) is 36.9 Å². The Bertz CT molecular complexity index is 420. The molecule has 92 valence electrons. The lowest BCUT2D eigenvalue weighted by atomic mass is 10.2. The van der Waals surface area contributed by atoms with Gasteiger partial charge in [-0.1, -0.05) is 0 Å². The van der Waals surface area contributed by atoms with Gasteiger partial charge in [-0.15, -0.1) is 0 Å². The number of rotatable bonds is 1. The molecule has 5 nitrogen and oxygen atoms in total. The van der Waals surface area contributed by atoms with E-state index >= 15 is 0 Å². The van der Waals surface area contributed by atoms with Gasteiger partial charge in [-0.05, 0) is 31.5 Å². The minimum Gasteiger partial charge on any atom is -0.491 e. The van der Waals surface area contributed by atoms with Crippen molar-refractivity contribution in [1.82, 2.24) is 0 Å². The van der Waals surface area contributed by atoms with E-state index in [-0.39, 0.29) is 6.09 Å². The summed E-state index contributed by atoms with van der Waals surface area (Å²) in [7, 11) is 0. The normalized spacial score (nSPS) is 14.5. The van der Waals surface area contributed by atoms with Crippen molar-refractivity contribution in [3.63, 3.8) is 0 Å². The standard InChI is InChI=1S/C12H16N2O3/c1-2-16-12(15)14-6-3-7-17-11-5-4-9(13)8-10(11)14/h4-5,8H,2-3,6-7,13H2,1H3. The maximum absolute atomic E-state index is 11.8. The third-order valence-corrected chi connectivity index (χ3v) is 2.55. The van der Waals surface area contributed by atoms with Crippen molar-refractivity contribution >= 4 is 17.5 Å². The van der Waals surface area contributed by atoms with E-state index in [1.54, 1.807) is 30.0 Å². The summed E-state index contributed by atoms with van der Waals surface area (Å²) >= 11 is 0. The summed E-state index contributed by atoms with van der Waals surface area (Å²) in [6, 6.07) is 5.27. The zero-order valence-electron chi connectivity index (χ0n) is 9.81. The fourth-order valence-corrected chi connectivity index (χ4v) is 1.78. The van der Waals surface area contributed by atoms with Crippen LogP contribution in [0.25, 0.3) is 0 Å². The Labute approximate surface area is 100 Å². The monoisotopic (exact) mass is 236 g/mol. The Morgan fingerprint density at radius 1 is 1.59 bits per heavy atom. The maximum Gasteiger partial charge on any atom is 0.414 e. The van der Waals surface area contributed by atoms with Crippen molar-refractivity contribution in [2.45, 2.75) is 13.3 Å². The van der Waals surface area contributed by atoms with E-state index in [1.807, 2.05) is 0 Å². The van der Waals surface area contributed by atoms with E-state index in [9.17, 15) is 4.79 Å². The van der Waals surface area contributed by atoms with Crippen LogP contribution in [-0.2, 0) is 4.74 Å². The lowest BCUT2D eigenvalue weighted by Crippen LogP contribution is -2.32. The molecule has 0 spiro atoms. The van der Waals surface area contributed by atoms with Gasteiger partial charge < -0.3 is 15.2 Å². The summed E-state index contributed by atoms with van der Waals surface area (Å²) in [6.45, 7) is 3.31. The van der Waals surface area contributed by atoms with Crippen LogP contribution in [0.1, 0.15) is 13.3 Å². The second-order valence-electron chi connectivity index (χ2n) is 3.78. The van der Waals surface area contributed by atoms with Gasteiger partial charge in [0.2, 0.25) is 0 Å². The van der Waals surface area contributed by atoms with Crippen molar-refractivity contribution < 1.29 is 14.3 Å². The molecule has 0 atom stereocenters. The topological polar surface area (TPSA) is 64.8 Å². The fourth-order valence-electron chi connectivity index (χ4n) is 1.78. The largest absolute Gasteiger partial charge is 0.491 e. The average molecular weight is 236 g/mol. The molecule has 0 fully saturated rings. The zero-order chi connectivity index (χ0) is 12.3. The Kier molecular flexibility index (Phi) is 3.37. The number of hydrogen-bond donors (Lipinski definition) is 1. The van der Waals surface area contributed by atoms with Gasteiger partial charge >= 0.3 is 6.09 Å². The lowest BCUT2D eigenvalue weighted by molar-refractivity contribution is 0.160. The van der Waals surface area contributed by atoms with Crippen molar-refractivity contribution in [1.29, 1.82) is 0 Å². The number of carbonyl (C=O) groups is 1. The molecule has 0 saturated carbocycles. The fraction of sp³-hybridized carbons (Fsp3) is 0.417. The zero-order valence-corrected chi connectivity index (χ0v) is 9.81. The second-order valence-corrected chi connectivity index (χ2v) is 3.78. The molecule has 2 rings (SSSR count). The van der Waals surface area contributed by atoms with E-state index in [4.69, 9.17) is 15.2 Å². The highest BCUT2D eigenvalue weighted by Gasteiger charge is 2.23. The number of amides is 1. The molecule has 0 aromatic heterocycles. The smallest absolute Gasteiger partial charge is 0.414 e. The summed E-state index contributed by atoms with van der Waals surface area (Å²) in [5.74, 6) is 0.671. The molecule has 1 aliphatic rings. The van der Waals surface area contributed by atoms with E-state index < -0.39 is 0 Å². The number of hydrogen-bond acceptors (Lipinski definition) is 4.